The van der Waals surface area contributed by atoms with Gasteiger partial charge in [-0.05, 0) is 49.9 Å². The lowest BCUT2D eigenvalue weighted by atomic mass is 9.96. The molecule has 1 aromatic heterocycles. The fourth-order valence-electron chi connectivity index (χ4n) is 2.92. The van der Waals surface area contributed by atoms with Crippen molar-refractivity contribution in [3.8, 4) is 0 Å². The number of rotatable bonds is 2. The number of aldehydes is 1. The normalized spacial score (nSPS) is 17.7. The summed E-state index contributed by atoms with van der Waals surface area (Å²) < 4.78 is 0. The first-order chi connectivity index (χ1) is 9.70. The Morgan fingerprint density at radius 1 is 1.35 bits per heavy atom. The van der Waals surface area contributed by atoms with Gasteiger partial charge < -0.3 is 4.90 Å². The minimum absolute atomic E-state index is 0.415. The van der Waals surface area contributed by atoms with Crippen molar-refractivity contribution in [3.05, 3.63) is 53.2 Å². The minimum Gasteiger partial charge on any atom is -0.323 e. The zero-order valence-corrected chi connectivity index (χ0v) is 11.8. The van der Waals surface area contributed by atoms with E-state index in [0.717, 1.165) is 30.5 Å². The predicted octanol–water partition coefficient (Wildman–Crippen LogP) is 3.68. The van der Waals surface area contributed by atoms with E-state index in [1.807, 2.05) is 13.0 Å². The van der Waals surface area contributed by atoms with Crippen molar-refractivity contribution in [2.24, 2.45) is 0 Å². The van der Waals surface area contributed by atoms with Crippen LogP contribution in [0.2, 0.25) is 0 Å². The number of carbonyl (C=O) groups excluding carboxylic acids is 1. The summed E-state index contributed by atoms with van der Waals surface area (Å²) in [6.07, 6.45) is 4.73. The summed E-state index contributed by atoms with van der Waals surface area (Å²) in [4.78, 5) is 17.7. The first kappa shape index (κ1) is 12.9. The number of carbonyl (C=O) groups is 1. The quantitative estimate of drug-likeness (QED) is 0.777. The van der Waals surface area contributed by atoms with E-state index >= 15 is 0 Å². The number of fused-ring (bicyclic) bond motifs is 1. The van der Waals surface area contributed by atoms with Crippen LogP contribution < -0.4 is 4.90 Å². The van der Waals surface area contributed by atoms with E-state index in [1.165, 1.54) is 11.3 Å². The van der Waals surface area contributed by atoms with Crippen LogP contribution in [0.4, 0.5) is 11.5 Å². The molecule has 2 aromatic rings. The average molecular weight is 266 g/mol. The number of pyridine rings is 1. The van der Waals surface area contributed by atoms with Gasteiger partial charge in [0.2, 0.25) is 0 Å². The first-order valence-corrected chi connectivity index (χ1v) is 6.99. The number of aromatic nitrogens is 1. The second kappa shape index (κ2) is 5.08. The SMILES string of the molecule is Cc1cc(C=O)cnc1N1c2ccccc2CCC1C. The number of benzene rings is 1. The van der Waals surface area contributed by atoms with Gasteiger partial charge >= 0.3 is 0 Å². The molecule has 1 aliphatic rings. The molecular formula is C17H18N2O. The second-order valence-corrected chi connectivity index (χ2v) is 5.41. The van der Waals surface area contributed by atoms with E-state index in [4.69, 9.17) is 0 Å². The lowest BCUT2D eigenvalue weighted by molar-refractivity contribution is 0.112. The van der Waals surface area contributed by atoms with Crippen LogP contribution in [0.25, 0.3) is 0 Å². The fourth-order valence-corrected chi connectivity index (χ4v) is 2.92. The van der Waals surface area contributed by atoms with Gasteiger partial charge in [0.05, 0.1) is 0 Å². The molecule has 20 heavy (non-hydrogen) atoms. The second-order valence-electron chi connectivity index (χ2n) is 5.41. The van der Waals surface area contributed by atoms with Crippen molar-refractivity contribution in [1.29, 1.82) is 0 Å². The third kappa shape index (κ3) is 2.09. The molecule has 0 amide bonds. The molecule has 0 aliphatic carbocycles. The Morgan fingerprint density at radius 2 is 2.15 bits per heavy atom. The highest BCUT2D eigenvalue weighted by Crippen LogP contribution is 2.36. The van der Waals surface area contributed by atoms with Crippen LogP contribution in [0.15, 0.2) is 36.5 Å². The van der Waals surface area contributed by atoms with Gasteiger partial charge in [-0.1, -0.05) is 18.2 Å². The summed E-state index contributed by atoms with van der Waals surface area (Å²) in [7, 11) is 0. The Hall–Kier alpha value is -2.16. The highest BCUT2D eigenvalue weighted by Gasteiger charge is 2.25. The van der Waals surface area contributed by atoms with Crippen molar-refractivity contribution < 1.29 is 4.79 Å². The molecule has 0 saturated carbocycles. The van der Waals surface area contributed by atoms with Gasteiger partial charge in [0.1, 0.15) is 5.82 Å². The van der Waals surface area contributed by atoms with Crippen LogP contribution in [0.5, 0.6) is 0 Å². The topological polar surface area (TPSA) is 33.2 Å². The van der Waals surface area contributed by atoms with Crippen LogP contribution in [0.1, 0.15) is 34.8 Å². The molecule has 3 heteroatoms. The van der Waals surface area contributed by atoms with E-state index in [-0.39, 0.29) is 0 Å². The molecule has 1 unspecified atom stereocenters. The number of para-hydroxylation sites is 1. The Morgan fingerprint density at radius 3 is 2.90 bits per heavy atom. The van der Waals surface area contributed by atoms with Crippen molar-refractivity contribution in [1.82, 2.24) is 4.98 Å². The van der Waals surface area contributed by atoms with Crippen LogP contribution in [-0.2, 0) is 6.42 Å². The Labute approximate surface area is 119 Å². The Kier molecular flexibility index (Phi) is 3.26. The number of anilines is 2. The summed E-state index contributed by atoms with van der Waals surface area (Å²) >= 11 is 0. The highest BCUT2D eigenvalue weighted by molar-refractivity contribution is 5.77. The van der Waals surface area contributed by atoms with Crippen molar-refractivity contribution in [2.45, 2.75) is 32.7 Å². The van der Waals surface area contributed by atoms with Crippen LogP contribution in [0.3, 0.4) is 0 Å². The lowest BCUT2D eigenvalue weighted by Gasteiger charge is -2.37. The summed E-state index contributed by atoms with van der Waals surface area (Å²) in [5, 5.41) is 0. The predicted molar refractivity (Wildman–Crippen MR) is 80.7 cm³/mol. The zero-order chi connectivity index (χ0) is 14.1. The maximum absolute atomic E-state index is 10.9. The van der Waals surface area contributed by atoms with E-state index in [9.17, 15) is 4.79 Å². The van der Waals surface area contributed by atoms with Crippen molar-refractivity contribution in [2.75, 3.05) is 4.90 Å². The largest absolute Gasteiger partial charge is 0.323 e. The smallest absolute Gasteiger partial charge is 0.151 e. The fraction of sp³-hybridized carbons (Fsp3) is 0.294. The van der Waals surface area contributed by atoms with E-state index in [0.29, 0.717) is 11.6 Å². The zero-order valence-electron chi connectivity index (χ0n) is 11.8. The molecule has 3 rings (SSSR count). The minimum atomic E-state index is 0.415. The summed E-state index contributed by atoms with van der Waals surface area (Å²) in [5.74, 6) is 0.954. The van der Waals surface area contributed by atoms with Gasteiger partial charge in [-0.25, -0.2) is 4.98 Å². The molecule has 0 saturated heterocycles. The molecule has 102 valence electrons. The molecular weight excluding hydrogens is 248 g/mol. The Bertz CT molecular complexity index is 651. The van der Waals surface area contributed by atoms with Gasteiger partial charge in [0.15, 0.2) is 6.29 Å². The van der Waals surface area contributed by atoms with Gasteiger partial charge in [-0.3, -0.25) is 4.79 Å². The number of hydrogen-bond acceptors (Lipinski definition) is 3. The summed E-state index contributed by atoms with van der Waals surface area (Å²) in [6, 6.07) is 10.8. The van der Waals surface area contributed by atoms with Gasteiger partial charge in [0, 0.05) is 23.5 Å². The molecule has 1 atom stereocenters. The monoisotopic (exact) mass is 266 g/mol. The third-order valence-corrected chi connectivity index (χ3v) is 3.96. The highest BCUT2D eigenvalue weighted by atomic mass is 16.1. The summed E-state index contributed by atoms with van der Waals surface area (Å²) in [5.41, 5.74) is 4.27. The molecule has 1 aromatic carbocycles. The van der Waals surface area contributed by atoms with E-state index in [1.54, 1.807) is 6.20 Å². The van der Waals surface area contributed by atoms with Crippen molar-refractivity contribution >= 4 is 17.8 Å². The van der Waals surface area contributed by atoms with Crippen LogP contribution in [0, 0.1) is 6.92 Å². The van der Waals surface area contributed by atoms with E-state index < -0.39 is 0 Å². The number of hydrogen-bond donors (Lipinski definition) is 0. The maximum Gasteiger partial charge on any atom is 0.151 e. The standard InChI is InChI=1S/C17H18N2O/c1-12-9-14(11-20)10-18-17(12)19-13(2)7-8-15-5-3-4-6-16(15)19/h3-6,9-11,13H,7-8H2,1-2H3. The number of nitrogens with zero attached hydrogens (tertiary/aromatic N) is 2. The van der Waals surface area contributed by atoms with Crippen LogP contribution >= 0.6 is 0 Å². The number of aryl methyl sites for hydroxylation is 2. The van der Waals surface area contributed by atoms with Gasteiger partial charge in [-0.2, -0.15) is 0 Å². The molecule has 0 fully saturated rings. The lowest BCUT2D eigenvalue weighted by Crippen LogP contribution is -2.34. The third-order valence-electron chi connectivity index (χ3n) is 3.96. The Balaban J connectivity index is 2.11. The molecule has 3 nitrogen and oxygen atoms in total. The van der Waals surface area contributed by atoms with Gasteiger partial charge in [0.25, 0.3) is 0 Å². The van der Waals surface area contributed by atoms with Crippen LogP contribution in [-0.4, -0.2) is 17.3 Å². The maximum atomic E-state index is 10.9. The molecule has 1 aliphatic heterocycles. The average Bonchev–Trinajstić information content (AvgIpc) is 2.48. The summed E-state index contributed by atoms with van der Waals surface area (Å²) in [6.45, 7) is 4.24. The molecule has 0 radical (unpaired) electrons. The van der Waals surface area contributed by atoms with Gasteiger partial charge in [-0.15, -0.1) is 0 Å². The molecule has 0 spiro atoms. The van der Waals surface area contributed by atoms with E-state index in [2.05, 4.69) is 41.1 Å². The molecule has 2 heterocycles. The first-order valence-electron chi connectivity index (χ1n) is 6.99. The molecule has 0 N–H and O–H groups in total. The molecule has 0 bridgehead atoms. The van der Waals surface area contributed by atoms with Crippen molar-refractivity contribution in [3.63, 3.8) is 0 Å².